The second-order valence-electron chi connectivity index (χ2n) is 5.77. The van der Waals surface area contributed by atoms with Crippen molar-refractivity contribution in [2.75, 3.05) is 11.1 Å². The number of hydrogen-bond acceptors (Lipinski definition) is 5. The number of carbonyl (C=O) groups excluding carboxylic acids is 1. The van der Waals surface area contributed by atoms with Crippen LogP contribution in [0, 0.1) is 0 Å². The van der Waals surface area contributed by atoms with E-state index < -0.39 is 5.97 Å². The normalized spacial score (nSPS) is 11.7. The van der Waals surface area contributed by atoms with Gasteiger partial charge >= 0.3 is 5.97 Å². The topological polar surface area (TPSA) is 97.1 Å². The van der Waals surface area contributed by atoms with Gasteiger partial charge in [-0.1, -0.05) is 48.2 Å². The van der Waals surface area contributed by atoms with Gasteiger partial charge in [0.25, 0.3) is 0 Å². The van der Waals surface area contributed by atoms with Gasteiger partial charge in [-0.15, -0.1) is 0 Å². The minimum atomic E-state index is -1.19. The van der Waals surface area contributed by atoms with Gasteiger partial charge < -0.3 is 10.4 Å². The molecule has 1 unspecified atom stereocenters. The Kier molecular flexibility index (Phi) is 5.87. The van der Waals surface area contributed by atoms with Crippen LogP contribution < -0.4 is 5.32 Å². The highest BCUT2D eigenvalue weighted by Crippen LogP contribution is 2.22. The molecule has 2 heterocycles. The molecule has 1 atom stereocenters. The number of pyridine rings is 1. The summed E-state index contributed by atoms with van der Waals surface area (Å²) in [5, 5.41) is 16.9. The summed E-state index contributed by atoms with van der Waals surface area (Å²) in [6.07, 6.45) is 3.20. The molecule has 27 heavy (non-hydrogen) atoms. The molecule has 3 aromatic rings. The molecule has 1 aromatic carbocycles. The number of amides is 1. The molecule has 0 fully saturated rings. The number of carbonyl (C=O) groups is 2. The van der Waals surface area contributed by atoms with Gasteiger partial charge in [-0.05, 0) is 24.6 Å². The Hall–Kier alpha value is -3.13. The quantitative estimate of drug-likeness (QED) is 0.609. The van der Waals surface area contributed by atoms with Crippen molar-refractivity contribution in [2.45, 2.75) is 18.0 Å². The van der Waals surface area contributed by atoms with Crippen LogP contribution >= 0.6 is 11.8 Å². The van der Waals surface area contributed by atoms with E-state index in [2.05, 4.69) is 15.4 Å². The van der Waals surface area contributed by atoms with E-state index in [4.69, 9.17) is 0 Å². The summed E-state index contributed by atoms with van der Waals surface area (Å²) in [5.41, 5.74) is 0.978. The first-order chi connectivity index (χ1) is 13.0. The zero-order valence-corrected chi connectivity index (χ0v) is 15.4. The van der Waals surface area contributed by atoms with Crippen molar-refractivity contribution in [3.63, 3.8) is 0 Å². The highest BCUT2D eigenvalue weighted by Gasteiger charge is 2.20. The summed E-state index contributed by atoms with van der Waals surface area (Å²) < 4.78 is 1.54. The summed E-state index contributed by atoms with van der Waals surface area (Å²) in [7, 11) is 0. The minimum Gasteiger partial charge on any atom is -0.476 e. The fourth-order valence-electron chi connectivity index (χ4n) is 2.48. The number of carboxylic acid groups (broad SMARTS) is 1. The molecule has 0 spiro atoms. The van der Waals surface area contributed by atoms with Crippen LogP contribution in [0.1, 0.15) is 29.0 Å². The summed E-state index contributed by atoms with van der Waals surface area (Å²) in [6, 6.07) is 14.9. The van der Waals surface area contributed by atoms with Crippen LogP contribution in [0.15, 0.2) is 66.0 Å². The highest BCUT2D eigenvalue weighted by molar-refractivity contribution is 7.99. The maximum absolute atomic E-state index is 12.2. The van der Waals surface area contributed by atoms with E-state index >= 15 is 0 Å². The Morgan fingerprint density at radius 2 is 1.93 bits per heavy atom. The number of rotatable bonds is 7. The highest BCUT2D eigenvalue weighted by atomic mass is 32.2. The first-order valence-electron chi connectivity index (χ1n) is 8.25. The van der Waals surface area contributed by atoms with Gasteiger partial charge in [-0.25, -0.2) is 9.78 Å². The lowest BCUT2D eigenvalue weighted by Gasteiger charge is -2.12. The van der Waals surface area contributed by atoms with Crippen LogP contribution in [0.3, 0.4) is 0 Å². The molecule has 0 saturated carbocycles. The molecule has 0 aliphatic rings. The third kappa shape index (κ3) is 4.73. The van der Waals surface area contributed by atoms with Crippen LogP contribution in [0.5, 0.6) is 0 Å². The SMILES string of the molecule is CC(c1ccccc1)n1cc(NC(=O)CSc2ccccn2)c(C(=O)O)n1. The summed E-state index contributed by atoms with van der Waals surface area (Å²) >= 11 is 1.27. The fraction of sp³-hybridized carbons (Fsp3) is 0.158. The zero-order valence-electron chi connectivity index (χ0n) is 14.6. The zero-order chi connectivity index (χ0) is 19.2. The standard InChI is InChI=1S/C19H18N4O3S/c1-13(14-7-3-2-4-8-14)23-11-15(18(22-23)19(25)26)21-16(24)12-27-17-9-5-6-10-20-17/h2-11,13H,12H2,1H3,(H,21,24)(H,25,26). The molecule has 0 radical (unpaired) electrons. The van der Waals surface area contributed by atoms with Crippen molar-refractivity contribution >= 4 is 29.3 Å². The number of nitrogens with zero attached hydrogens (tertiary/aromatic N) is 3. The summed E-state index contributed by atoms with van der Waals surface area (Å²) in [4.78, 5) is 27.9. The number of benzene rings is 1. The van der Waals surface area contributed by atoms with Gasteiger partial charge in [0.05, 0.1) is 28.7 Å². The van der Waals surface area contributed by atoms with Crippen LogP contribution in [0.2, 0.25) is 0 Å². The first-order valence-corrected chi connectivity index (χ1v) is 9.24. The van der Waals surface area contributed by atoms with Crippen LogP contribution in [0.4, 0.5) is 5.69 Å². The minimum absolute atomic E-state index is 0.121. The molecular weight excluding hydrogens is 364 g/mol. The molecule has 3 rings (SSSR count). The smallest absolute Gasteiger partial charge is 0.358 e. The average molecular weight is 382 g/mol. The molecule has 0 aliphatic heterocycles. The lowest BCUT2D eigenvalue weighted by Crippen LogP contribution is -2.16. The molecule has 138 valence electrons. The van der Waals surface area contributed by atoms with E-state index in [9.17, 15) is 14.7 Å². The second kappa shape index (κ2) is 8.50. The maximum Gasteiger partial charge on any atom is 0.358 e. The third-order valence-electron chi connectivity index (χ3n) is 3.88. The summed E-state index contributed by atoms with van der Waals surface area (Å²) in [5.74, 6) is -1.39. The molecule has 0 saturated heterocycles. The molecule has 7 nitrogen and oxygen atoms in total. The molecule has 0 aliphatic carbocycles. The predicted molar refractivity (Wildman–Crippen MR) is 103 cm³/mol. The Morgan fingerprint density at radius 1 is 1.19 bits per heavy atom. The van der Waals surface area contributed by atoms with Crippen molar-refractivity contribution in [2.24, 2.45) is 0 Å². The average Bonchev–Trinajstić information content (AvgIpc) is 3.11. The molecular formula is C19H18N4O3S. The van der Waals surface area contributed by atoms with E-state index in [1.54, 1.807) is 29.2 Å². The number of nitrogens with one attached hydrogen (secondary N) is 1. The number of anilines is 1. The van der Waals surface area contributed by atoms with Gasteiger partial charge in [0.15, 0.2) is 5.69 Å². The molecule has 8 heteroatoms. The van der Waals surface area contributed by atoms with Gasteiger partial charge in [-0.3, -0.25) is 9.48 Å². The van der Waals surface area contributed by atoms with Gasteiger partial charge in [-0.2, -0.15) is 5.10 Å². The first kappa shape index (κ1) is 18.7. The van der Waals surface area contributed by atoms with E-state index in [1.165, 1.54) is 11.8 Å². The lowest BCUT2D eigenvalue weighted by molar-refractivity contribution is -0.113. The molecule has 0 bridgehead atoms. The van der Waals surface area contributed by atoms with E-state index in [0.717, 1.165) is 10.6 Å². The van der Waals surface area contributed by atoms with Crippen molar-refractivity contribution in [1.82, 2.24) is 14.8 Å². The number of carboxylic acids is 1. The number of hydrogen-bond donors (Lipinski definition) is 2. The van der Waals surface area contributed by atoms with Gasteiger partial charge in [0.2, 0.25) is 5.91 Å². The monoisotopic (exact) mass is 382 g/mol. The Morgan fingerprint density at radius 3 is 2.59 bits per heavy atom. The fourth-order valence-corrected chi connectivity index (χ4v) is 3.14. The molecule has 1 amide bonds. The number of thioether (sulfide) groups is 1. The summed E-state index contributed by atoms with van der Waals surface area (Å²) in [6.45, 7) is 1.91. The van der Waals surface area contributed by atoms with Crippen LogP contribution in [-0.2, 0) is 4.79 Å². The number of aromatic nitrogens is 3. The van der Waals surface area contributed by atoms with Crippen molar-refractivity contribution in [3.8, 4) is 0 Å². The second-order valence-corrected chi connectivity index (χ2v) is 6.76. The van der Waals surface area contributed by atoms with Gasteiger partial charge in [0, 0.05) is 6.20 Å². The largest absolute Gasteiger partial charge is 0.476 e. The Labute approximate surface area is 160 Å². The van der Waals surface area contributed by atoms with E-state index in [1.807, 2.05) is 43.3 Å². The molecule has 2 aromatic heterocycles. The van der Waals surface area contributed by atoms with Crippen molar-refractivity contribution in [1.29, 1.82) is 0 Å². The number of aromatic carboxylic acids is 1. The lowest BCUT2D eigenvalue weighted by atomic mass is 10.1. The Balaban J connectivity index is 1.73. The predicted octanol–water partition coefficient (Wildman–Crippen LogP) is 3.32. The van der Waals surface area contributed by atoms with Crippen LogP contribution in [0.25, 0.3) is 0 Å². The molecule has 2 N–H and O–H groups in total. The van der Waals surface area contributed by atoms with Crippen molar-refractivity contribution in [3.05, 3.63) is 72.2 Å². The van der Waals surface area contributed by atoms with Crippen LogP contribution in [-0.4, -0.2) is 37.5 Å². The van der Waals surface area contributed by atoms with E-state index in [0.29, 0.717) is 0 Å². The van der Waals surface area contributed by atoms with Crippen molar-refractivity contribution < 1.29 is 14.7 Å². The third-order valence-corrected chi connectivity index (χ3v) is 4.82. The van der Waals surface area contributed by atoms with Gasteiger partial charge in [0.1, 0.15) is 0 Å². The Bertz CT molecular complexity index is 929. The maximum atomic E-state index is 12.2. The van der Waals surface area contributed by atoms with E-state index in [-0.39, 0.29) is 29.1 Å².